The molecule has 0 aliphatic carbocycles. The minimum Gasteiger partial charge on any atom is -0.382 e. The third kappa shape index (κ3) is 1.81. The van der Waals surface area contributed by atoms with Gasteiger partial charge in [0.05, 0.1) is 0 Å². The van der Waals surface area contributed by atoms with Crippen molar-refractivity contribution < 1.29 is 4.79 Å². The summed E-state index contributed by atoms with van der Waals surface area (Å²) >= 11 is 0. The third-order valence-electron chi connectivity index (χ3n) is 1.86. The average Bonchev–Trinajstić information content (AvgIpc) is 2.47. The summed E-state index contributed by atoms with van der Waals surface area (Å²) in [4.78, 5) is 15.3. The number of carbonyl (C=O) groups is 1. The molecule has 1 rings (SSSR count). The van der Waals surface area contributed by atoms with Gasteiger partial charge < -0.3 is 5.73 Å². The van der Waals surface area contributed by atoms with Crippen LogP contribution in [0.3, 0.4) is 0 Å². The van der Waals surface area contributed by atoms with Crippen molar-refractivity contribution in [2.75, 3.05) is 0 Å². The molecule has 0 aromatic carbocycles. The zero-order valence-electron chi connectivity index (χ0n) is 8.53. The molecule has 1 aromatic heterocycles. The molecule has 0 unspecified atom stereocenters. The number of nitrogen functional groups attached to an aromatic ring is 1. The summed E-state index contributed by atoms with van der Waals surface area (Å²) in [6, 6.07) is 0. The Morgan fingerprint density at radius 3 is 2.50 bits per heavy atom. The molecule has 0 aliphatic rings. The van der Waals surface area contributed by atoms with Crippen molar-refractivity contribution in [2.24, 2.45) is 5.73 Å². The van der Waals surface area contributed by atoms with E-state index in [2.05, 4.69) is 4.98 Å². The summed E-state index contributed by atoms with van der Waals surface area (Å²) in [5.74, 6) is 0.537. The van der Waals surface area contributed by atoms with Crippen molar-refractivity contribution in [3.8, 4) is 0 Å². The van der Waals surface area contributed by atoms with Gasteiger partial charge in [-0.15, -0.1) is 0 Å². The molecule has 76 valence electrons. The Morgan fingerprint density at radius 2 is 2.21 bits per heavy atom. The molecule has 5 heteroatoms. The maximum Gasteiger partial charge on any atom is 0.228 e. The highest BCUT2D eigenvalue weighted by molar-refractivity contribution is 5.93. The highest BCUT2D eigenvalue weighted by atomic mass is 16.1. The lowest BCUT2D eigenvalue weighted by molar-refractivity contribution is 0.0932. The van der Waals surface area contributed by atoms with E-state index in [4.69, 9.17) is 11.1 Å². The van der Waals surface area contributed by atoms with Crippen molar-refractivity contribution in [1.82, 2.24) is 9.55 Å². The fraction of sp³-hybridized carbons (Fsp3) is 0.444. The van der Waals surface area contributed by atoms with Crippen LogP contribution >= 0.6 is 0 Å². The van der Waals surface area contributed by atoms with Gasteiger partial charge in [0.2, 0.25) is 5.91 Å². The minimum absolute atomic E-state index is 0.117. The summed E-state index contributed by atoms with van der Waals surface area (Å²) in [7, 11) is 0. The third-order valence-corrected chi connectivity index (χ3v) is 1.86. The molecule has 14 heavy (non-hydrogen) atoms. The number of amidine groups is 1. The van der Waals surface area contributed by atoms with Crippen molar-refractivity contribution in [1.29, 1.82) is 5.41 Å². The van der Waals surface area contributed by atoms with Crippen LogP contribution in [0.1, 0.15) is 43.0 Å². The lowest BCUT2D eigenvalue weighted by atomic mass is 10.2. The highest BCUT2D eigenvalue weighted by Gasteiger charge is 2.14. The van der Waals surface area contributed by atoms with Crippen LogP contribution < -0.4 is 5.73 Å². The molecule has 0 radical (unpaired) electrons. The quantitative estimate of drug-likeness (QED) is 0.543. The van der Waals surface area contributed by atoms with Gasteiger partial charge in [-0.05, 0) is 0 Å². The fourth-order valence-electron chi connectivity index (χ4n) is 1.18. The molecule has 5 nitrogen and oxygen atoms in total. The Bertz CT molecular complexity index is 378. The van der Waals surface area contributed by atoms with E-state index in [1.165, 1.54) is 17.7 Å². The summed E-state index contributed by atoms with van der Waals surface area (Å²) in [6.07, 6.45) is 1.50. The number of nitrogens with one attached hydrogen (secondary N) is 1. The number of rotatable bonds is 2. The van der Waals surface area contributed by atoms with E-state index in [0.717, 1.165) is 0 Å². The molecule has 0 saturated heterocycles. The van der Waals surface area contributed by atoms with E-state index >= 15 is 0 Å². The zero-order valence-corrected chi connectivity index (χ0v) is 8.53. The van der Waals surface area contributed by atoms with Crippen LogP contribution in [0.15, 0.2) is 6.20 Å². The standard InChI is InChI=1S/C9H14N4O/c1-5(2)9-12-7(8(10)11)4-13(9)6(3)14/h4-5H,1-3H3,(H3,10,11). The monoisotopic (exact) mass is 194 g/mol. The summed E-state index contributed by atoms with van der Waals surface area (Å²) in [5, 5.41) is 7.22. The second-order valence-electron chi connectivity index (χ2n) is 3.44. The Balaban J connectivity index is 3.26. The molecule has 0 atom stereocenters. The average molecular weight is 194 g/mol. The first-order valence-corrected chi connectivity index (χ1v) is 4.38. The Hall–Kier alpha value is -1.65. The molecule has 0 aliphatic heterocycles. The highest BCUT2D eigenvalue weighted by Crippen LogP contribution is 2.13. The Morgan fingerprint density at radius 1 is 1.64 bits per heavy atom. The van der Waals surface area contributed by atoms with Gasteiger partial charge in [-0.2, -0.15) is 0 Å². The van der Waals surface area contributed by atoms with Crippen LogP contribution in [0.2, 0.25) is 0 Å². The second kappa shape index (κ2) is 3.61. The number of aromatic nitrogens is 2. The van der Waals surface area contributed by atoms with Gasteiger partial charge in [0.25, 0.3) is 0 Å². The van der Waals surface area contributed by atoms with Gasteiger partial charge >= 0.3 is 0 Å². The lowest BCUT2D eigenvalue weighted by Gasteiger charge is -2.04. The normalized spacial score (nSPS) is 10.6. The van der Waals surface area contributed by atoms with Crippen molar-refractivity contribution in [3.05, 3.63) is 17.7 Å². The van der Waals surface area contributed by atoms with Crippen molar-refractivity contribution in [2.45, 2.75) is 26.7 Å². The second-order valence-corrected chi connectivity index (χ2v) is 3.44. The predicted octanol–water partition coefficient (Wildman–Crippen LogP) is 0.951. The van der Waals surface area contributed by atoms with Gasteiger partial charge in [-0.3, -0.25) is 14.8 Å². The van der Waals surface area contributed by atoms with Gasteiger partial charge in [-0.1, -0.05) is 13.8 Å². The van der Waals surface area contributed by atoms with Gasteiger partial charge in [-0.25, -0.2) is 4.98 Å². The predicted molar refractivity (Wildman–Crippen MR) is 53.6 cm³/mol. The summed E-state index contributed by atoms with van der Waals surface area (Å²) in [6.45, 7) is 5.33. The van der Waals surface area contributed by atoms with Crippen LogP contribution in [0.25, 0.3) is 0 Å². The first-order chi connectivity index (χ1) is 6.43. The maximum absolute atomic E-state index is 11.2. The minimum atomic E-state index is -0.119. The van der Waals surface area contributed by atoms with E-state index in [-0.39, 0.29) is 17.7 Å². The van der Waals surface area contributed by atoms with Crippen molar-refractivity contribution in [3.63, 3.8) is 0 Å². The van der Waals surface area contributed by atoms with Gasteiger partial charge in [0.1, 0.15) is 17.4 Å². The van der Waals surface area contributed by atoms with Crippen LogP contribution in [0.4, 0.5) is 0 Å². The Kier molecular flexibility index (Phi) is 2.69. The fourth-order valence-corrected chi connectivity index (χ4v) is 1.18. The van der Waals surface area contributed by atoms with Gasteiger partial charge in [0.15, 0.2) is 0 Å². The number of carbonyl (C=O) groups excluding carboxylic acids is 1. The Labute approximate surface area is 82.4 Å². The van der Waals surface area contributed by atoms with Gasteiger partial charge in [0, 0.05) is 19.0 Å². The molecule has 0 amide bonds. The van der Waals surface area contributed by atoms with E-state index in [0.29, 0.717) is 11.5 Å². The molecule has 3 N–H and O–H groups in total. The zero-order chi connectivity index (χ0) is 10.9. The molecular formula is C9H14N4O. The smallest absolute Gasteiger partial charge is 0.228 e. The maximum atomic E-state index is 11.2. The summed E-state index contributed by atoms with van der Waals surface area (Å²) in [5.41, 5.74) is 5.64. The molecular weight excluding hydrogens is 180 g/mol. The number of hydrogen-bond acceptors (Lipinski definition) is 3. The molecule has 0 bridgehead atoms. The van der Waals surface area contributed by atoms with E-state index in [1.807, 2.05) is 13.8 Å². The first kappa shape index (κ1) is 10.4. The molecule has 1 heterocycles. The van der Waals surface area contributed by atoms with Crippen LogP contribution in [0, 0.1) is 5.41 Å². The van der Waals surface area contributed by atoms with Crippen LogP contribution in [-0.4, -0.2) is 21.3 Å². The molecule has 1 aromatic rings. The number of nitrogens with zero attached hydrogens (tertiary/aromatic N) is 2. The molecule has 0 spiro atoms. The van der Waals surface area contributed by atoms with E-state index in [1.54, 1.807) is 0 Å². The number of hydrogen-bond donors (Lipinski definition) is 2. The van der Waals surface area contributed by atoms with Crippen molar-refractivity contribution >= 4 is 11.7 Å². The molecule has 0 saturated carbocycles. The SMILES string of the molecule is CC(=O)n1cc(C(=N)N)nc1C(C)C. The topological polar surface area (TPSA) is 84.8 Å². The van der Waals surface area contributed by atoms with Crippen LogP contribution in [0.5, 0.6) is 0 Å². The lowest BCUT2D eigenvalue weighted by Crippen LogP contribution is -2.11. The summed E-state index contributed by atoms with van der Waals surface area (Å²) < 4.78 is 1.43. The van der Waals surface area contributed by atoms with E-state index < -0.39 is 0 Å². The number of nitrogens with two attached hydrogens (primary N) is 1. The first-order valence-electron chi connectivity index (χ1n) is 4.38. The largest absolute Gasteiger partial charge is 0.382 e. The van der Waals surface area contributed by atoms with Crippen LogP contribution in [-0.2, 0) is 0 Å². The molecule has 0 fully saturated rings. The van der Waals surface area contributed by atoms with E-state index in [9.17, 15) is 4.79 Å². The number of imidazole rings is 1.